The standard InChI is InChI=1S/C30H38F3N3O2.C29H38F3N3O3S.C28H37F3N4O3S.C24H32IN3O/c1-4-8-22(3)35-17-15-27(16-18-35)36(21-24-10-6-9-23(19-24)13-14-28(37)5-2)29(38)34-26-12-7-11-25(20-26)30(31,32)33;1-4-8-22(3)34-16-13-27(14-17-34)35(28(36)33-26-12-7-11-25(20-26)29(30,31)32)21-24-10-6-9-23(19-24)15-18-39(37,38)5-2;1-4-9-21(3)34-16-14-26(15-17-34)35(27(36)33-25-13-8-12-24(18-25)28(29,30)31)20-23-11-7-6-10-22(23)19-32-39(37,38)5-2;1-3-7-19(2)27-16-14-23(15-17-27)28(18-20-8-5-4-6-9-20)24(29)26-22-12-10-21(25)11-13-22/h5-7,9-12,19-20,22,27H,2,4,8,13-18,21H2,1,3H3,(H,34,38);5-7,9-12,19-20,22,27H,2,4,8,13-18,21H2,1,3H3,(H,33,36);5-8,10-13,18,21,26,32H,2,4,9,14-17,19-20H2,1,3H3,(H,33,36);4-6,8-13,19,23H,3,7,14-18H2,1-2H3,(H,26,29). The van der Waals surface area contributed by atoms with Crippen molar-refractivity contribution < 1.29 is 80.3 Å². The summed E-state index contributed by atoms with van der Waals surface area (Å²) in [5.41, 5.74) is 4.77. The number of ketones is 1. The maximum atomic E-state index is 13.6. The summed E-state index contributed by atoms with van der Waals surface area (Å²) in [6.07, 6.45) is 4.65. The van der Waals surface area contributed by atoms with Crippen molar-refractivity contribution in [3.63, 3.8) is 0 Å². The Bertz CT molecular complexity index is 5680. The minimum absolute atomic E-state index is 0.00452. The van der Waals surface area contributed by atoms with E-state index in [0.29, 0.717) is 62.1 Å². The predicted molar refractivity (Wildman–Crippen MR) is 571 cm³/mol. The number of rotatable bonds is 40. The van der Waals surface area contributed by atoms with Crippen LogP contribution in [0.25, 0.3) is 0 Å². The number of halogens is 10. The number of sulfone groups is 1. The van der Waals surface area contributed by atoms with E-state index in [1.54, 1.807) is 32.9 Å². The summed E-state index contributed by atoms with van der Waals surface area (Å²) in [5, 5.41) is 12.9. The van der Waals surface area contributed by atoms with E-state index in [2.05, 4.69) is 155 Å². The Morgan fingerprint density at radius 3 is 1.03 bits per heavy atom. The number of sulfonamides is 1. The largest absolute Gasteiger partial charge is 0.416 e. The zero-order chi connectivity index (χ0) is 106. The van der Waals surface area contributed by atoms with Crippen molar-refractivity contribution in [1.82, 2.24) is 43.9 Å². The first kappa shape index (κ1) is 118. The molecule has 0 radical (unpaired) electrons. The Labute approximate surface area is 866 Å². The van der Waals surface area contributed by atoms with E-state index < -0.39 is 73.2 Å². The molecule has 0 bridgehead atoms. The topological polar surface area (TPSA) is 240 Å². The number of nitrogens with one attached hydrogen (secondary N) is 5. The van der Waals surface area contributed by atoms with Crippen LogP contribution in [0, 0.1) is 3.57 Å². The highest BCUT2D eigenvalue weighted by atomic mass is 127. The maximum Gasteiger partial charge on any atom is 0.416 e. The van der Waals surface area contributed by atoms with Crippen LogP contribution in [0.1, 0.15) is 220 Å². The van der Waals surface area contributed by atoms with Crippen molar-refractivity contribution in [2.45, 2.75) is 277 Å². The molecular formula is C111H145F9IN13O9S2. The fourth-order valence-electron chi connectivity index (χ4n) is 19.0. The molecule has 4 atom stereocenters. The monoisotopic (exact) mass is 2170 g/mol. The molecule has 0 aromatic heterocycles. The zero-order valence-electron chi connectivity index (χ0n) is 84.7. The Kier molecular flexibility index (Phi) is 47.0. The highest BCUT2D eigenvalue weighted by Gasteiger charge is 2.39. The molecule has 8 aromatic rings. The van der Waals surface area contributed by atoms with Gasteiger partial charge < -0.3 is 60.5 Å². The number of allylic oxidation sites excluding steroid dienone is 1. The number of urea groups is 4. The number of hydrogen-bond donors (Lipinski definition) is 5. The Morgan fingerprint density at radius 1 is 0.379 bits per heavy atom. The molecule has 4 heterocycles. The average molecular weight is 2170 g/mol. The maximum absolute atomic E-state index is 13.6. The lowest BCUT2D eigenvalue weighted by Gasteiger charge is -2.41. The molecule has 4 aliphatic heterocycles. The summed E-state index contributed by atoms with van der Waals surface area (Å²) in [4.78, 5) is 82.4. The van der Waals surface area contributed by atoms with E-state index >= 15 is 0 Å². The van der Waals surface area contributed by atoms with Crippen molar-refractivity contribution in [2.75, 3.05) is 79.4 Å². The molecule has 4 aliphatic rings. The van der Waals surface area contributed by atoms with Crippen LogP contribution in [0.15, 0.2) is 237 Å². The second kappa shape index (κ2) is 57.7. The van der Waals surface area contributed by atoms with Gasteiger partial charge in [-0.25, -0.2) is 40.7 Å². The first-order valence-corrected chi connectivity index (χ1v) is 54.8. The number of alkyl halides is 9. The fourth-order valence-corrected chi connectivity index (χ4v) is 20.5. The third kappa shape index (κ3) is 39.0. The van der Waals surface area contributed by atoms with Crippen LogP contribution in [0.2, 0.25) is 0 Å². The quantitative estimate of drug-likeness (QED) is 0.0137. The van der Waals surface area contributed by atoms with Gasteiger partial charge in [0.1, 0.15) is 0 Å². The third-order valence-electron chi connectivity index (χ3n) is 27.4. The lowest BCUT2D eigenvalue weighted by atomic mass is 9.99. The number of benzene rings is 8. The molecule has 145 heavy (non-hydrogen) atoms. The SMILES string of the molecule is C=CC(=O)CCc1cccc(CN(C(=O)Nc2cccc(C(F)(F)F)c2)C2CCN(C(C)CCC)CC2)c1.C=CS(=O)(=O)CCc1cccc(CN(C(=O)Nc2cccc(C(F)(F)F)c2)C2CCN(C(C)CCC)CC2)c1.C=CS(=O)(=O)NCc1ccccc1CN(C(=O)Nc1cccc(C(F)(F)F)c1)C1CCN(C(C)CCC)CC1.CCCC(C)N1CCC(N(Cc2ccccc2)C(=O)Nc2ccc(I)cc2)CC1. The molecule has 5 N–H and O–H groups in total. The number of likely N-dealkylation sites (tertiary alicyclic amines) is 4. The van der Waals surface area contributed by atoms with E-state index in [0.717, 1.165) is 227 Å². The normalized spacial score (nSPS) is 16.0. The molecule has 4 fully saturated rings. The van der Waals surface area contributed by atoms with Crippen LogP contribution in [0.5, 0.6) is 0 Å². The Hall–Kier alpha value is -10.5. The number of carbonyl (C=O) groups excluding carboxylic acids is 5. The Balaban J connectivity index is 0.000000216. The van der Waals surface area contributed by atoms with E-state index in [9.17, 15) is 80.3 Å². The second-order valence-corrected chi connectivity index (χ2v) is 43.0. The summed E-state index contributed by atoms with van der Waals surface area (Å²) >= 11 is 2.28. The van der Waals surface area contributed by atoms with Gasteiger partial charge in [-0.15, -0.1) is 0 Å². The molecule has 0 aliphatic carbocycles. The summed E-state index contributed by atoms with van der Waals surface area (Å²) in [6, 6.07) is 55.1. The highest BCUT2D eigenvalue weighted by Crippen LogP contribution is 2.37. The van der Waals surface area contributed by atoms with Crippen LogP contribution in [-0.4, -0.2) is 192 Å². The van der Waals surface area contributed by atoms with Gasteiger partial charge in [-0.05, 0) is 264 Å². The van der Waals surface area contributed by atoms with Crippen molar-refractivity contribution >= 4 is 95.1 Å². The van der Waals surface area contributed by atoms with Crippen molar-refractivity contribution in [2.24, 2.45) is 0 Å². The first-order valence-electron chi connectivity index (χ1n) is 50.4. The number of amides is 8. The number of piperidine rings is 4. The average Bonchev–Trinajstić information content (AvgIpc) is 0.760. The smallest absolute Gasteiger partial charge is 0.317 e. The number of hydrogen-bond acceptors (Lipinski definition) is 13. The molecule has 4 saturated heterocycles. The van der Waals surface area contributed by atoms with Gasteiger partial charge in [-0.2, -0.15) is 39.5 Å². The minimum Gasteiger partial charge on any atom is -0.317 e. The predicted octanol–water partition coefficient (Wildman–Crippen LogP) is 25.5. The van der Waals surface area contributed by atoms with Gasteiger partial charge in [0.25, 0.3) is 0 Å². The van der Waals surface area contributed by atoms with Crippen molar-refractivity contribution in [3.05, 3.63) is 296 Å². The molecule has 8 amide bonds. The van der Waals surface area contributed by atoms with Gasteiger partial charge >= 0.3 is 42.7 Å². The van der Waals surface area contributed by atoms with Crippen LogP contribution in [-0.2, 0) is 88.7 Å². The van der Waals surface area contributed by atoms with Gasteiger partial charge in [-0.1, -0.05) is 194 Å². The zero-order valence-corrected chi connectivity index (χ0v) is 88.5. The molecule has 4 unspecified atom stereocenters. The van der Waals surface area contributed by atoms with Crippen molar-refractivity contribution in [3.8, 4) is 0 Å². The van der Waals surface area contributed by atoms with Gasteiger partial charge in [-0.3, -0.25) is 4.79 Å². The minimum atomic E-state index is -4.53. The lowest BCUT2D eigenvalue weighted by Crippen LogP contribution is -2.50. The van der Waals surface area contributed by atoms with E-state index in [1.165, 1.54) is 60.9 Å². The fraction of sp³-hybridized carbons (Fsp3) is 0.468. The summed E-state index contributed by atoms with van der Waals surface area (Å²) in [7, 11) is -7.00. The van der Waals surface area contributed by atoms with Crippen LogP contribution < -0.4 is 26.0 Å². The van der Waals surface area contributed by atoms with Gasteiger partial charge in [0, 0.05) is 177 Å². The van der Waals surface area contributed by atoms with Gasteiger partial charge in [0.05, 0.1) is 22.4 Å². The molecule has 790 valence electrons. The molecule has 0 spiro atoms. The lowest BCUT2D eigenvalue weighted by molar-refractivity contribution is -0.138. The second-order valence-electron chi connectivity index (χ2n) is 38.0. The van der Waals surface area contributed by atoms with Gasteiger partial charge in [0.15, 0.2) is 15.6 Å². The molecule has 12 rings (SSSR count). The molecular weight excluding hydrogens is 2020 g/mol. The number of aryl methyl sites for hydroxylation is 2. The molecule has 8 aromatic carbocycles. The van der Waals surface area contributed by atoms with Crippen molar-refractivity contribution in [1.29, 1.82) is 0 Å². The van der Waals surface area contributed by atoms with Crippen LogP contribution in [0.3, 0.4) is 0 Å². The number of nitrogens with zero attached hydrogens (tertiary/aromatic N) is 8. The van der Waals surface area contributed by atoms with E-state index in [-0.39, 0.29) is 78.4 Å². The summed E-state index contributed by atoms with van der Waals surface area (Å²) in [6.45, 7) is 36.4. The van der Waals surface area contributed by atoms with Crippen LogP contribution >= 0.6 is 22.6 Å². The summed E-state index contributed by atoms with van der Waals surface area (Å²) in [5.74, 6) is -0.0877. The third-order valence-corrected chi connectivity index (χ3v) is 30.4. The number of carbonyl (C=O) groups is 5. The molecule has 22 nitrogen and oxygen atoms in total. The van der Waals surface area contributed by atoms with E-state index in [4.69, 9.17) is 0 Å². The molecule has 34 heteroatoms. The highest BCUT2D eigenvalue weighted by molar-refractivity contribution is 14.1. The molecule has 0 saturated carbocycles. The van der Waals surface area contributed by atoms with E-state index in [1.807, 2.05) is 102 Å². The Morgan fingerprint density at radius 2 is 0.690 bits per heavy atom. The number of anilines is 4. The van der Waals surface area contributed by atoms with Crippen LogP contribution in [0.4, 0.5) is 81.4 Å². The first-order chi connectivity index (χ1) is 69.0. The van der Waals surface area contributed by atoms with Gasteiger partial charge in [0.2, 0.25) is 10.0 Å². The summed E-state index contributed by atoms with van der Waals surface area (Å²) < 4.78 is 170.